The first-order chi connectivity index (χ1) is 6.59. The number of rotatable bonds is 1. The Balaban J connectivity index is 2.65. The summed E-state index contributed by atoms with van der Waals surface area (Å²) in [5.41, 5.74) is 9.19. The van der Waals surface area contributed by atoms with Crippen molar-refractivity contribution in [1.29, 1.82) is 0 Å². The van der Waals surface area contributed by atoms with E-state index in [9.17, 15) is 4.79 Å². The monoisotopic (exact) mass is 191 g/mol. The highest BCUT2D eigenvalue weighted by Gasteiger charge is 2.25. The van der Waals surface area contributed by atoms with Gasteiger partial charge in [-0.2, -0.15) is 0 Å². The van der Waals surface area contributed by atoms with Crippen LogP contribution >= 0.6 is 0 Å². The zero-order valence-corrected chi connectivity index (χ0v) is 8.08. The Bertz CT molecular complexity index is 399. The first-order valence-corrected chi connectivity index (χ1v) is 4.72. The third kappa shape index (κ3) is 1.30. The number of carboxylic acids is 1. The van der Waals surface area contributed by atoms with Crippen LogP contribution in [0.4, 0.5) is 0 Å². The van der Waals surface area contributed by atoms with Crippen LogP contribution in [0.2, 0.25) is 0 Å². The fraction of sp³-hybridized carbons (Fsp3) is 0.364. The third-order valence-corrected chi connectivity index (χ3v) is 2.74. The van der Waals surface area contributed by atoms with Gasteiger partial charge in [-0.05, 0) is 42.5 Å². The van der Waals surface area contributed by atoms with Gasteiger partial charge in [-0.25, -0.2) is 4.79 Å². The molecule has 14 heavy (non-hydrogen) atoms. The quantitative estimate of drug-likeness (QED) is 0.709. The molecule has 1 aromatic rings. The van der Waals surface area contributed by atoms with Crippen LogP contribution in [0.15, 0.2) is 12.1 Å². The first-order valence-electron chi connectivity index (χ1n) is 4.72. The Morgan fingerprint density at radius 2 is 2.29 bits per heavy atom. The van der Waals surface area contributed by atoms with Crippen LogP contribution in [0.1, 0.15) is 39.5 Å². The minimum absolute atomic E-state index is 0.100. The minimum atomic E-state index is -0.873. The fourth-order valence-electron chi connectivity index (χ4n) is 2.15. The number of aryl methyl sites for hydroxylation is 2. The Labute approximate surface area is 82.5 Å². The molecule has 2 rings (SSSR count). The van der Waals surface area contributed by atoms with Crippen molar-refractivity contribution in [2.45, 2.75) is 25.8 Å². The Kier molecular flexibility index (Phi) is 2.04. The normalized spacial score (nSPS) is 19.4. The number of nitrogens with two attached hydrogens (primary N) is 1. The zero-order chi connectivity index (χ0) is 10.3. The predicted octanol–water partition coefficient (Wildman–Crippen LogP) is 1.64. The molecule has 0 radical (unpaired) electrons. The summed E-state index contributed by atoms with van der Waals surface area (Å²) in [6, 6.07) is 3.64. The number of aromatic carboxylic acids is 1. The van der Waals surface area contributed by atoms with Gasteiger partial charge in [-0.1, -0.05) is 6.07 Å². The van der Waals surface area contributed by atoms with E-state index in [1.54, 1.807) is 6.07 Å². The fourth-order valence-corrected chi connectivity index (χ4v) is 2.15. The summed E-state index contributed by atoms with van der Waals surface area (Å²) in [7, 11) is 0. The van der Waals surface area contributed by atoms with Gasteiger partial charge in [0.05, 0.1) is 5.56 Å². The van der Waals surface area contributed by atoms with Crippen molar-refractivity contribution in [3.63, 3.8) is 0 Å². The van der Waals surface area contributed by atoms with Crippen LogP contribution in [-0.4, -0.2) is 11.1 Å². The van der Waals surface area contributed by atoms with Gasteiger partial charge in [-0.3, -0.25) is 0 Å². The second kappa shape index (κ2) is 3.10. The summed E-state index contributed by atoms with van der Waals surface area (Å²) >= 11 is 0. The van der Waals surface area contributed by atoms with Crippen LogP contribution < -0.4 is 5.73 Å². The van der Waals surface area contributed by atoms with Crippen molar-refractivity contribution in [2.75, 3.05) is 0 Å². The molecule has 0 bridgehead atoms. The molecule has 0 fully saturated rings. The number of fused-ring (bicyclic) bond motifs is 1. The number of hydrogen-bond acceptors (Lipinski definition) is 2. The van der Waals surface area contributed by atoms with Gasteiger partial charge in [0.2, 0.25) is 0 Å². The summed E-state index contributed by atoms with van der Waals surface area (Å²) in [5.74, 6) is -0.873. The first kappa shape index (κ1) is 9.21. The molecule has 3 N–H and O–H groups in total. The van der Waals surface area contributed by atoms with Crippen LogP contribution in [-0.2, 0) is 6.42 Å². The lowest BCUT2D eigenvalue weighted by atomic mass is 9.98. The second-order valence-electron chi connectivity index (χ2n) is 3.84. The lowest BCUT2D eigenvalue weighted by Crippen LogP contribution is -2.11. The number of hydrogen-bond donors (Lipinski definition) is 2. The molecule has 3 nitrogen and oxygen atoms in total. The molecule has 0 heterocycles. The van der Waals surface area contributed by atoms with Crippen LogP contribution in [0.25, 0.3) is 0 Å². The highest BCUT2D eigenvalue weighted by atomic mass is 16.4. The van der Waals surface area contributed by atoms with Gasteiger partial charge in [0.25, 0.3) is 0 Å². The standard InChI is InChI=1S/C11H13NO2/c1-6-4-7-2-3-9(12)10(7)8(5-6)11(13)14/h4-5,9H,2-3,12H2,1H3,(H,13,14)/t9-/m0/s1. The largest absolute Gasteiger partial charge is 0.478 e. The smallest absolute Gasteiger partial charge is 0.336 e. The number of carboxylic acid groups (broad SMARTS) is 1. The summed E-state index contributed by atoms with van der Waals surface area (Å²) < 4.78 is 0. The van der Waals surface area contributed by atoms with Crippen molar-refractivity contribution >= 4 is 5.97 Å². The molecule has 1 atom stereocenters. The molecule has 0 aliphatic heterocycles. The predicted molar refractivity (Wildman–Crippen MR) is 53.4 cm³/mol. The topological polar surface area (TPSA) is 63.3 Å². The molecule has 0 unspecified atom stereocenters. The number of benzene rings is 1. The molecule has 3 heteroatoms. The molecule has 1 aliphatic rings. The van der Waals surface area contributed by atoms with Crippen molar-refractivity contribution in [3.8, 4) is 0 Å². The van der Waals surface area contributed by atoms with E-state index in [2.05, 4.69) is 0 Å². The maximum Gasteiger partial charge on any atom is 0.336 e. The van der Waals surface area contributed by atoms with Crippen LogP contribution in [0.5, 0.6) is 0 Å². The van der Waals surface area contributed by atoms with E-state index in [1.807, 2.05) is 13.0 Å². The minimum Gasteiger partial charge on any atom is -0.478 e. The highest BCUT2D eigenvalue weighted by molar-refractivity contribution is 5.90. The summed E-state index contributed by atoms with van der Waals surface area (Å²) in [6.45, 7) is 1.91. The highest BCUT2D eigenvalue weighted by Crippen LogP contribution is 2.33. The molecule has 0 amide bonds. The van der Waals surface area contributed by atoms with E-state index in [-0.39, 0.29) is 6.04 Å². The van der Waals surface area contributed by atoms with E-state index >= 15 is 0 Å². The number of carbonyl (C=O) groups is 1. The van der Waals surface area contributed by atoms with E-state index in [1.165, 1.54) is 0 Å². The van der Waals surface area contributed by atoms with Crippen molar-refractivity contribution in [2.24, 2.45) is 5.73 Å². The van der Waals surface area contributed by atoms with Crippen molar-refractivity contribution < 1.29 is 9.90 Å². The van der Waals surface area contributed by atoms with E-state index in [0.717, 1.165) is 29.5 Å². The molecular weight excluding hydrogens is 178 g/mol. The van der Waals surface area contributed by atoms with E-state index in [4.69, 9.17) is 10.8 Å². The zero-order valence-electron chi connectivity index (χ0n) is 8.08. The van der Waals surface area contributed by atoms with Gasteiger partial charge < -0.3 is 10.8 Å². The van der Waals surface area contributed by atoms with Gasteiger partial charge in [0, 0.05) is 6.04 Å². The average molecular weight is 191 g/mol. The maximum absolute atomic E-state index is 11.0. The van der Waals surface area contributed by atoms with Gasteiger partial charge in [-0.15, -0.1) is 0 Å². The van der Waals surface area contributed by atoms with Crippen molar-refractivity contribution in [3.05, 3.63) is 34.4 Å². The van der Waals surface area contributed by atoms with Gasteiger partial charge in [0.1, 0.15) is 0 Å². The molecule has 1 aromatic carbocycles. The van der Waals surface area contributed by atoms with Gasteiger partial charge in [0.15, 0.2) is 0 Å². The van der Waals surface area contributed by atoms with Crippen molar-refractivity contribution in [1.82, 2.24) is 0 Å². The van der Waals surface area contributed by atoms with Gasteiger partial charge >= 0.3 is 5.97 Å². The maximum atomic E-state index is 11.0. The summed E-state index contributed by atoms with van der Waals surface area (Å²) in [5, 5.41) is 9.04. The second-order valence-corrected chi connectivity index (χ2v) is 3.84. The molecule has 1 aliphatic carbocycles. The average Bonchev–Trinajstić information content (AvgIpc) is 2.46. The van der Waals surface area contributed by atoms with Crippen LogP contribution in [0.3, 0.4) is 0 Å². The Morgan fingerprint density at radius 1 is 1.57 bits per heavy atom. The van der Waals surface area contributed by atoms with E-state index < -0.39 is 5.97 Å². The van der Waals surface area contributed by atoms with E-state index in [0.29, 0.717) is 5.56 Å². The SMILES string of the molecule is Cc1cc2c(c(C(=O)O)c1)[C@@H](N)CC2. The Morgan fingerprint density at radius 3 is 2.93 bits per heavy atom. The molecule has 0 saturated heterocycles. The molecule has 0 saturated carbocycles. The molecule has 74 valence electrons. The lowest BCUT2D eigenvalue weighted by molar-refractivity contribution is 0.0695. The molecule has 0 spiro atoms. The van der Waals surface area contributed by atoms with Crippen LogP contribution in [0, 0.1) is 6.92 Å². The summed E-state index contributed by atoms with van der Waals surface area (Å²) in [6.07, 6.45) is 1.76. The molecule has 0 aromatic heterocycles. The Hall–Kier alpha value is -1.35. The third-order valence-electron chi connectivity index (χ3n) is 2.74. The summed E-state index contributed by atoms with van der Waals surface area (Å²) in [4.78, 5) is 11.0. The lowest BCUT2D eigenvalue weighted by Gasteiger charge is -2.09. The molecular formula is C11H13NO2.